The molecule has 0 unspecified atom stereocenters. The molecule has 0 bridgehead atoms. The largest absolute Gasteiger partial charge is 0.784 e. The molecule has 1 aliphatic heterocycles. The van der Waals surface area contributed by atoms with Gasteiger partial charge in [-0.1, -0.05) is 51.1 Å². The van der Waals surface area contributed by atoms with Gasteiger partial charge in [0.1, 0.15) is 0 Å². The van der Waals surface area contributed by atoms with Gasteiger partial charge in [0.2, 0.25) is 0 Å². The molecule has 1 aliphatic rings. The third-order valence-electron chi connectivity index (χ3n) is 3.30. The minimum Gasteiger partial charge on any atom is -0.784 e. The van der Waals surface area contributed by atoms with E-state index in [0.717, 1.165) is 13.0 Å². The van der Waals surface area contributed by atoms with Gasteiger partial charge < -0.3 is 15.6 Å². The van der Waals surface area contributed by atoms with Crippen LogP contribution in [0.3, 0.4) is 0 Å². The Morgan fingerprint density at radius 3 is 2.47 bits per heavy atom. The highest BCUT2D eigenvalue weighted by Crippen LogP contribution is 2.27. The average Bonchev–Trinajstić information content (AvgIpc) is 2.61. The normalized spacial score (nSPS) is 26.4. The summed E-state index contributed by atoms with van der Waals surface area (Å²) in [6.07, 6.45) is 0.750. The van der Waals surface area contributed by atoms with Gasteiger partial charge in [-0.3, -0.25) is 0 Å². The van der Waals surface area contributed by atoms with Crippen molar-refractivity contribution in [1.82, 2.24) is 10.4 Å². The summed E-state index contributed by atoms with van der Waals surface area (Å²) in [5.41, 5.74) is 1.21. The van der Waals surface area contributed by atoms with Crippen molar-refractivity contribution in [1.29, 1.82) is 0 Å². The van der Waals surface area contributed by atoms with Crippen molar-refractivity contribution in [3.8, 4) is 0 Å². The van der Waals surface area contributed by atoms with Crippen LogP contribution in [0, 0.1) is 10.6 Å². The summed E-state index contributed by atoms with van der Waals surface area (Å²) < 4.78 is 0. The first-order valence-electron chi connectivity index (χ1n) is 6.21. The topological polar surface area (TPSA) is 38.3 Å². The van der Waals surface area contributed by atoms with E-state index in [1.165, 1.54) is 10.6 Å². The zero-order valence-electron chi connectivity index (χ0n) is 10.8. The van der Waals surface area contributed by atoms with Crippen LogP contribution in [-0.2, 0) is 6.42 Å². The zero-order valence-corrected chi connectivity index (χ0v) is 10.8. The van der Waals surface area contributed by atoms with Crippen LogP contribution in [0.15, 0.2) is 30.3 Å². The van der Waals surface area contributed by atoms with Crippen molar-refractivity contribution < 1.29 is 0 Å². The number of nitrogens with one attached hydrogen (secondary N) is 1. The van der Waals surface area contributed by atoms with Crippen LogP contribution in [0.5, 0.6) is 0 Å². The molecule has 3 nitrogen and oxygen atoms in total. The van der Waals surface area contributed by atoms with Crippen molar-refractivity contribution in [2.45, 2.75) is 39.4 Å². The van der Waals surface area contributed by atoms with Gasteiger partial charge in [-0.2, -0.15) is 0 Å². The Kier molecular flexibility index (Phi) is 3.52. The molecule has 1 N–H and O–H groups in total. The van der Waals surface area contributed by atoms with Gasteiger partial charge in [0.15, 0.2) is 0 Å². The number of hydrogen-bond acceptors (Lipinski definition) is 3. The standard InChI is InChI=1S/C14H21N2O/c1-14(2,3)13-15-10-12(16(13)17)9-11-7-5-4-6-8-11/h4-8,12-13,15H,9-10H2,1-3H3/q-1/t12-,13-/m0/s1. The van der Waals surface area contributed by atoms with Gasteiger partial charge in [-0.15, -0.1) is 0 Å². The van der Waals surface area contributed by atoms with E-state index in [4.69, 9.17) is 0 Å². The highest BCUT2D eigenvalue weighted by Gasteiger charge is 2.34. The van der Waals surface area contributed by atoms with E-state index >= 15 is 0 Å². The Labute approximate surface area is 103 Å². The molecule has 0 saturated carbocycles. The minimum atomic E-state index is -0.0730. The predicted molar refractivity (Wildman–Crippen MR) is 70.4 cm³/mol. The molecular weight excluding hydrogens is 212 g/mol. The fourth-order valence-electron chi connectivity index (χ4n) is 2.37. The van der Waals surface area contributed by atoms with E-state index in [2.05, 4.69) is 38.2 Å². The molecule has 2 rings (SSSR count). The maximum Gasteiger partial charge on any atom is 0.0535 e. The Balaban J connectivity index is 2.01. The van der Waals surface area contributed by atoms with Gasteiger partial charge in [0.25, 0.3) is 0 Å². The summed E-state index contributed by atoms with van der Waals surface area (Å²) in [4.78, 5) is 0. The molecule has 0 amide bonds. The first-order chi connectivity index (χ1) is 7.98. The van der Waals surface area contributed by atoms with Crippen LogP contribution in [0.4, 0.5) is 0 Å². The lowest BCUT2D eigenvalue weighted by Gasteiger charge is -2.42. The smallest absolute Gasteiger partial charge is 0.0535 e. The summed E-state index contributed by atoms with van der Waals surface area (Å²) in [5.74, 6) is 0. The fraction of sp³-hybridized carbons (Fsp3) is 0.571. The lowest BCUT2D eigenvalue weighted by atomic mass is 9.92. The number of nitrogens with zero attached hydrogens (tertiary/aromatic N) is 1. The molecule has 17 heavy (non-hydrogen) atoms. The maximum atomic E-state index is 12.2. The van der Waals surface area contributed by atoms with E-state index in [0.29, 0.717) is 0 Å². The molecular formula is C14H21N2O-. The van der Waals surface area contributed by atoms with Crippen molar-refractivity contribution in [3.63, 3.8) is 0 Å². The van der Waals surface area contributed by atoms with Crippen LogP contribution in [0.1, 0.15) is 26.3 Å². The predicted octanol–water partition coefficient (Wildman–Crippen LogP) is 2.37. The average molecular weight is 233 g/mol. The molecule has 0 spiro atoms. The Hall–Kier alpha value is -0.900. The van der Waals surface area contributed by atoms with Crippen molar-refractivity contribution >= 4 is 0 Å². The maximum absolute atomic E-state index is 12.2. The van der Waals surface area contributed by atoms with E-state index < -0.39 is 0 Å². The Bertz CT molecular complexity index is 358. The second kappa shape index (κ2) is 4.77. The minimum absolute atomic E-state index is 0.0206. The van der Waals surface area contributed by atoms with Gasteiger partial charge >= 0.3 is 0 Å². The lowest BCUT2D eigenvalue weighted by molar-refractivity contribution is 0.147. The molecule has 0 aliphatic carbocycles. The number of hydrogen-bond donors (Lipinski definition) is 1. The molecule has 0 aromatic heterocycles. The lowest BCUT2D eigenvalue weighted by Crippen LogP contribution is -2.44. The highest BCUT2D eigenvalue weighted by atomic mass is 16.5. The molecule has 3 heteroatoms. The summed E-state index contributed by atoms with van der Waals surface area (Å²) in [6, 6.07) is 10.3. The third-order valence-corrected chi connectivity index (χ3v) is 3.30. The molecule has 0 radical (unpaired) electrons. The van der Waals surface area contributed by atoms with Crippen molar-refractivity contribution in [3.05, 3.63) is 41.1 Å². The summed E-state index contributed by atoms with van der Waals surface area (Å²) >= 11 is 0. The van der Waals surface area contributed by atoms with E-state index in [-0.39, 0.29) is 17.6 Å². The summed E-state index contributed by atoms with van der Waals surface area (Å²) in [6.45, 7) is 7.07. The van der Waals surface area contributed by atoms with E-state index in [1.54, 1.807) is 0 Å². The third kappa shape index (κ3) is 2.86. The second-order valence-corrected chi connectivity index (χ2v) is 5.88. The summed E-state index contributed by atoms with van der Waals surface area (Å²) in [7, 11) is 0. The molecule has 1 fully saturated rings. The van der Waals surface area contributed by atoms with Gasteiger partial charge in [0, 0.05) is 12.6 Å². The fourth-order valence-corrected chi connectivity index (χ4v) is 2.37. The first kappa shape index (κ1) is 12.6. The van der Waals surface area contributed by atoms with E-state index in [9.17, 15) is 5.21 Å². The van der Waals surface area contributed by atoms with Gasteiger partial charge in [-0.05, 0) is 17.4 Å². The Morgan fingerprint density at radius 2 is 1.94 bits per heavy atom. The number of benzene rings is 1. The first-order valence-corrected chi connectivity index (χ1v) is 6.21. The zero-order chi connectivity index (χ0) is 12.5. The summed E-state index contributed by atoms with van der Waals surface area (Å²) in [5, 5.41) is 16.8. The van der Waals surface area contributed by atoms with Crippen LogP contribution < -0.4 is 5.32 Å². The molecule has 94 valence electrons. The van der Waals surface area contributed by atoms with Crippen LogP contribution in [-0.4, -0.2) is 23.8 Å². The second-order valence-electron chi connectivity index (χ2n) is 5.88. The molecule has 1 saturated heterocycles. The SMILES string of the molecule is CC(C)(C)[C@H]1NC[C@H](Cc2ccccc2)N1[O-]. The van der Waals surface area contributed by atoms with Crippen LogP contribution in [0.25, 0.3) is 0 Å². The highest BCUT2D eigenvalue weighted by molar-refractivity contribution is 5.17. The van der Waals surface area contributed by atoms with Crippen molar-refractivity contribution in [2.75, 3.05) is 6.54 Å². The molecule has 1 aromatic carbocycles. The van der Waals surface area contributed by atoms with Gasteiger partial charge in [-0.25, -0.2) is 0 Å². The van der Waals surface area contributed by atoms with Crippen LogP contribution >= 0.6 is 0 Å². The molecule has 2 atom stereocenters. The quantitative estimate of drug-likeness (QED) is 0.852. The van der Waals surface area contributed by atoms with Gasteiger partial charge in [0.05, 0.1) is 6.17 Å². The Morgan fingerprint density at radius 1 is 1.29 bits per heavy atom. The number of rotatable bonds is 2. The molecule has 1 aromatic rings. The van der Waals surface area contributed by atoms with Crippen LogP contribution in [0.2, 0.25) is 0 Å². The number of hydroxylamine groups is 2. The van der Waals surface area contributed by atoms with Crippen molar-refractivity contribution in [2.24, 2.45) is 5.41 Å². The molecule has 1 heterocycles. The van der Waals surface area contributed by atoms with E-state index in [1.807, 2.05) is 18.2 Å². The monoisotopic (exact) mass is 233 g/mol.